The second-order valence-electron chi connectivity index (χ2n) is 9.61. The number of hydrogen-bond acceptors (Lipinski definition) is 7. The van der Waals surface area contributed by atoms with Crippen LogP contribution in [-0.4, -0.2) is 48.5 Å². The number of carbonyl (C=O) groups is 1. The highest BCUT2D eigenvalue weighted by molar-refractivity contribution is 7.90. The summed E-state index contributed by atoms with van der Waals surface area (Å²) in [5.41, 5.74) is 4.32. The first-order chi connectivity index (χ1) is 17.8. The lowest BCUT2D eigenvalue weighted by Crippen LogP contribution is -2.35. The summed E-state index contributed by atoms with van der Waals surface area (Å²) in [6.45, 7) is 5.05. The number of amides is 2. The summed E-state index contributed by atoms with van der Waals surface area (Å²) in [6, 6.07) is 8.21. The Kier molecular flexibility index (Phi) is 7.16. The van der Waals surface area contributed by atoms with Crippen LogP contribution < -0.4 is 14.8 Å². The number of aromatic nitrogens is 3. The minimum atomic E-state index is -4.14. The van der Waals surface area contributed by atoms with Crippen LogP contribution >= 0.6 is 0 Å². The Hall–Kier alpha value is -3.44. The normalized spacial score (nSPS) is 17.4. The zero-order chi connectivity index (χ0) is 26.0. The Morgan fingerprint density at radius 2 is 2.05 bits per heavy atom. The van der Waals surface area contributed by atoms with E-state index in [9.17, 15) is 13.2 Å². The Balaban J connectivity index is 1.40. The summed E-state index contributed by atoms with van der Waals surface area (Å²) in [5.74, 6) is 0.479. The van der Waals surface area contributed by atoms with Gasteiger partial charge in [0.2, 0.25) is 5.88 Å². The molecule has 1 aromatic carbocycles. The van der Waals surface area contributed by atoms with Gasteiger partial charge in [-0.2, -0.15) is 13.5 Å². The molecule has 2 aliphatic rings. The van der Waals surface area contributed by atoms with Crippen LogP contribution in [0.2, 0.25) is 0 Å². The lowest BCUT2D eigenvalue weighted by Gasteiger charge is -2.23. The fourth-order valence-corrected chi connectivity index (χ4v) is 5.57. The molecule has 0 spiro atoms. The zero-order valence-electron chi connectivity index (χ0n) is 20.9. The van der Waals surface area contributed by atoms with Gasteiger partial charge < -0.3 is 14.8 Å². The van der Waals surface area contributed by atoms with E-state index in [0.29, 0.717) is 18.2 Å². The van der Waals surface area contributed by atoms with Crippen molar-refractivity contribution in [1.29, 1.82) is 0 Å². The molecule has 5 rings (SSSR count). The molecule has 1 unspecified atom stereocenters. The highest BCUT2D eigenvalue weighted by atomic mass is 32.2. The van der Waals surface area contributed by atoms with Crippen LogP contribution in [0.3, 0.4) is 0 Å². The largest absolute Gasteiger partial charge is 0.472 e. The molecule has 1 atom stereocenters. The molecule has 1 aliphatic heterocycles. The van der Waals surface area contributed by atoms with Crippen LogP contribution in [0.15, 0.2) is 47.8 Å². The maximum absolute atomic E-state index is 13.0. The van der Waals surface area contributed by atoms with Gasteiger partial charge in [-0.05, 0) is 74.8 Å². The molecule has 11 heteroatoms. The Bertz CT molecular complexity index is 1400. The smallest absolute Gasteiger partial charge is 0.333 e. The van der Waals surface area contributed by atoms with Crippen molar-refractivity contribution in [2.45, 2.75) is 63.1 Å². The lowest BCUT2D eigenvalue weighted by atomic mass is 9.98. The van der Waals surface area contributed by atoms with E-state index in [-0.39, 0.29) is 17.2 Å². The number of nitrogens with one attached hydrogen (secondary N) is 2. The average molecular weight is 526 g/mol. The average Bonchev–Trinajstić information content (AvgIpc) is 3.56. The molecule has 196 valence electrons. The van der Waals surface area contributed by atoms with Gasteiger partial charge in [0.05, 0.1) is 12.3 Å². The topological polar surface area (TPSA) is 124 Å². The monoisotopic (exact) mass is 525 g/mol. The fourth-order valence-electron chi connectivity index (χ4n) is 4.73. The number of fused-ring (bicyclic) bond motifs is 1. The highest BCUT2D eigenvalue weighted by Crippen LogP contribution is 2.38. The molecule has 2 aromatic heterocycles. The molecular weight excluding hydrogens is 494 g/mol. The van der Waals surface area contributed by atoms with E-state index in [2.05, 4.69) is 26.2 Å². The van der Waals surface area contributed by atoms with Gasteiger partial charge in [0.15, 0.2) is 5.03 Å². The van der Waals surface area contributed by atoms with E-state index in [1.165, 1.54) is 10.7 Å². The molecule has 0 saturated carbocycles. The van der Waals surface area contributed by atoms with Crippen molar-refractivity contribution in [2.24, 2.45) is 0 Å². The minimum Gasteiger partial charge on any atom is -0.472 e. The predicted molar refractivity (Wildman–Crippen MR) is 138 cm³/mol. The van der Waals surface area contributed by atoms with Crippen LogP contribution in [0.25, 0.3) is 11.1 Å². The van der Waals surface area contributed by atoms with Crippen molar-refractivity contribution in [3.8, 4) is 17.0 Å². The highest BCUT2D eigenvalue weighted by Gasteiger charge is 2.25. The molecule has 1 saturated heterocycles. The first-order valence-corrected chi connectivity index (χ1v) is 14.0. The summed E-state index contributed by atoms with van der Waals surface area (Å²) in [5, 5.41) is 6.69. The van der Waals surface area contributed by atoms with E-state index in [1.54, 1.807) is 12.4 Å². The van der Waals surface area contributed by atoms with Crippen LogP contribution in [0, 0.1) is 0 Å². The van der Waals surface area contributed by atoms with Gasteiger partial charge in [0.25, 0.3) is 10.0 Å². The molecule has 0 bridgehead atoms. The van der Waals surface area contributed by atoms with E-state index < -0.39 is 16.1 Å². The predicted octanol–water partition coefficient (Wildman–Crippen LogP) is 4.08. The molecule has 2 amide bonds. The van der Waals surface area contributed by atoms with Gasteiger partial charge in [-0.1, -0.05) is 12.1 Å². The number of anilines is 1. The number of ether oxygens (including phenoxy) is 2. The number of pyridine rings is 1. The van der Waals surface area contributed by atoms with Crippen molar-refractivity contribution in [1.82, 2.24) is 19.5 Å². The lowest BCUT2D eigenvalue weighted by molar-refractivity contribution is 0.00552. The van der Waals surface area contributed by atoms with Crippen LogP contribution in [0.1, 0.15) is 50.3 Å². The third-order valence-corrected chi connectivity index (χ3v) is 7.81. The van der Waals surface area contributed by atoms with E-state index in [0.717, 1.165) is 61.0 Å². The number of hydrogen-bond donors (Lipinski definition) is 2. The fraction of sp³-hybridized carbons (Fsp3) is 0.423. The summed E-state index contributed by atoms with van der Waals surface area (Å²) in [6.07, 6.45) is 7.70. The quantitative estimate of drug-likeness (QED) is 0.476. The van der Waals surface area contributed by atoms with Crippen molar-refractivity contribution in [3.63, 3.8) is 0 Å². The van der Waals surface area contributed by atoms with E-state index in [4.69, 9.17) is 9.47 Å². The Labute approximate surface area is 216 Å². The second-order valence-corrected chi connectivity index (χ2v) is 11.2. The second kappa shape index (κ2) is 10.5. The van der Waals surface area contributed by atoms with Gasteiger partial charge in [0, 0.05) is 36.7 Å². The molecule has 1 aliphatic carbocycles. The van der Waals surface area contributed by atoms with Crippen LogP contribution in [-0.2, 0) is 27.6 Å². The van der Waals surface area contributed by atoms with E-state index in [1.807, 2.05) is 32.0 Å². The van der Waals surface area contributed by atoms with Crippen molar-refractivity contribution in [2.75, 3.05) is 18.5 Å². The molecule has 10 nitrogen and oxygen atoms in total. The summed E-state index contributed by atoms with van der Waals surface area (Å²) < 4.78 is 40.8. The summed E-state index contributed by atoms with van der Waals surface area (Å²) in [4.78, 5) is 17.3. The molecule has 37 heavy (non-hydrogen) atoms. The number of aryl methyl sites for hydroxylation is 1. The molecule has 0 radical (unpaired) electrons. The minimum absolute atomic E-state index is 0.00730. The van der Waals surface area contributed by atoms with Crippen molar-refractivity contribution in [3.05, 3.63) is 53.9 Å². The Morgan fingerprint density at radius 1 is 1.19 bits per heavy atom. The zero-order valence-corrected chi connectivity index (χ0v) is 21.8. The molecular formula is C26H31N5O5S. The van der Waals surface area contributed by atoms with Crippen molar-refractivity contribution >= 4 is 21.7 Å². The molecule has 1 fully saturated rings. The van der Waals surface area contributed by atoms with Gasteiger partial charge in [-0.25, -0.2) is 14.5 Å². The van der Waals surface area contributed by atoms with Gasteiger partial charge >= 0.3 is 6.03 Å². The molecule has 2 N–H and O–H groups in total. The standard InChI is InChI=1S/C26H31N5O5S/c1-17(2)31-13-11-24(29-31)37(33,34)30-26(32)28-25-21-7-3-5-18(21)8-9-22(25)19-10-12-27-23(15-19)36-20-6-4-14-35-16-20/h8-13,15,17,20H,3-7,14,16H2,1-2H3,(H2,28,30,32). The SMILES string of the molecule is CC(C)n1ccc(S(=O)(=O)NC(=O)Nc2c(-c3ccnc(OC4CCCOC4)c3)ccc3c2CCC3)n1. The maximum Gasteiger partial charge on any atom is 0.333 e. The number of benzene rings is 1. The number of rotatable bonds is 7. The number of sulfonamides is 1. The van der Waals surface area contributed by atoms with Crippen LogP contribution in [0.4, 0.5) is 10.5 Å². The number of carbonyl (C=O) groups excluding carboxylic acids is 1. The first kappa shape index (κ1) is 25.2. The van der Waals surface area contributed by atoms with Crippen LogP contribution in [0.5, 0.6) is 5.88 Å². The third-order valence-electron chi connectivity index (χ3n) is 6.59. The Morgan fingerprint density at radius 3 is 2.81 bits per heavy atom. The third kappa shape index (κ3) is 5.62. The first-order valence-electron chi connectivity index (χ1n) is 12.5. The number of nitrogens with zero attached hydrogens (tertiary/aromatic N) is 3. The van der Waals surface area contributed by atoms with Gasteiger partial charge in [0.1, 0.15) is 6.10 Å². The van der Waals surface area contributed by atoms with Gasteiger partial charge in [-0.15, -0.1) is 0 Å². The molecule has 3 aromatic rings. The van der Waals surface area contributed by atoms with Gasteiger partial charge in [-0.3, -0.25) is 4.68 Å². The van der Waals surface area contributed by atoms with Crippen molar-refractivity contribution < 1.29 is 22.7 Å². The summed E-state index contributed by atoms with van der Waals surface area (Å²) in [7, 11) is -4.14. The number of urea groups is 1. The maximum atomic E-state index is 13.0. The molecule has 3 heterocycles. The van der Waals surface area contributed by atoms with E-state index >= 15 is 0 Å². The summed E-state index contributed by atoms with van der Waals surface area (Å²) >= 11 is 0.